The molecule has 1 fully saturated rings. The first-order valence-electron chi connectivity index (χ1n) is 11.7. The number of anilines is 1. The highest BCUT2D eigenvalue weighted by molar-refractivity contribution is 6.39. The molecule has 0 radical (unpaired) electrons. The zero-order valence-electron chi connectivity index (χ0n) is 21.0. The summed E-state index contributed by atoms with van der Waals surface area (Å²) in [5.41, 5.74) is 2.68. The first kappa shape index (κ1) is 28.2. The lowest BCUT2D eigenvalue weighted by Crippen LogP contribution is -2.54. The van der Waals surface area contributed by atoms with E-state index in [0.29, 0.717) is 44.1 Å². The maximum atomic E-state index is 13.3. The van der Waals surface area contributed by atoms with Gasteiger partial charge in [0.2, 0.25) is 0 Å². The van der Waals surface area contributed by atoms with E-state index in [9.17, 15) is 14.4 Å². The normalized spacial score (nSPS) is 14.4. The number of benzene rings is 3. The molecular formula is C29H23Cl3N2O5. The predicted octanol–water partition coefficient (Wildman–Crippen LogP) is 6.94. The number of aryl methyl sites for hydroxylation is 1. The summed E-state index contributed by atoms with van der Waals surface area (Å²) in [5, 5.41) is 3.57. The van der Waals surface area contributed by atoms with Gasteiger partial charge in [0.25, 0.3) is 11.8 Å². The molecular weight excluding hydrogens is 563 g/mol. The molecule has 0 spiro atoms. The van der Waals surface area contributed by atoms with Crippen molar-refractivity contribution in [3.05, 3.63) is 104 Å². The number of nitrogens with zero attached hydrogens (tertiary/aromatic N) is 1. The number of urea groups is 1. The molecule has 0 saturated carbocycles. The Kier molecular flexibility index (Phi) is 8.65. The first-order chi connectivity index (χ1) is 18.6. The minimum Gasteiger partial charge on any atom is -0.493 e. The van der Waals surface area contributed by atoms with Crippen LogP contribution in [0.1, 0.15) is 22.3 Å². The lowest BCUT2D eigenvalue weighted by atomic mass is 10.0. The largest absolute Gasteiger partial charge is 0.493 e. The first-order valence-corrected chi connectivity index (χ1v) is 12.8. The molecule has 4 amide bonds. The molecule has 1 N–H and O–H groups in total. The van der Waals surface area contributed by atoms with E-state index in [-0.39, 0.29) is 17.9 Å². The fourth-order valence-electron chi connectivity index (χ4n) is 3.96. The van der Waals surface area contributed by atoms with Crippen LogP contribution in [0.15, 0.2) is 66.8 Å². The third-order valence-electron chi connectivity index (χ3n) is 5.95. The van der Waals surface area contributed by atoms with Gasteiger partial charge in [-0.15, -0.1) is 6.58 Å². The summed E-state index contributed by atoms with van der Waals surface area (Å²) < 4.78 is 11.7. The van der Waals surface area contributed by atoms with Crippen molar-refractivity contribution in [2.24, 2.45) is 0 Å². The number of carbonyl (C=O) groups excluding carboxylic acids is 3. The van der Waals surface area contributed by atoms with Crippen molar-refractivity contribution >= 4 is 64.4 Å². The average molecular weight is 586 g/mol. The van der Waals surface area contributed by atoms with Crippen LogP contribution >= 0.6 is 34.8 Å². The number of hydrogen-bond acceptors (Lipinski definition) is 5. The minimum atomic E-state index is -0.864. The van der Waals surface area contributed by atoms with Gasteiger partial charge in [0.15, 0.2) is 11.5 Å². The highest BCUT2D eigenvalue weighted by Crippen LogP contribution is 2.36. The number of allylic oxidation sites excluding steroid dienone is 1. The Morgan fingerprint density at radius 1 is 0.974 bits per heavy atom. The third-order valence-corrected chi connectivity index (χ3v) is 6.95. The molecule has 1 aliphatic heterocycles. The number of ether oxygens (including phenoxy) is 2. The fourth-order valence-corrected chi connectivity index (χ4v) is 4.60. The van der Waals surface area contributed by atoms with Crippen molar-refractivity contribution < 1.29 is 23.9 Å². The second-order valence-corrected chi connectivity index (χ2v) is 9.87. The van der Waals surface area contributed by atoms with Gasteiger partial charge in [-0.2, -0.15) is 0 Å². The Hall–Kier alpha value is -3.78. The van der Waals surface area contributed by atoms with Crippen LogP contribution in [-0.2, 0) is 22.6 Å². The minimum absolute atomic E-state index is 0.147. The molecule has 3 aromatic rings. The van der Waals surface area contributed by atoms with Gasteiger partial charge in [-0.25, -0.2) is 9.69 Å². The summed E-state index contributed by atoms with van der Waals surface area (Å²) in [4.78, 5) is 39.5. The van der Waals surface area contributed by atoms with Crippen molar-refractivity contribution in [2.75, 3.05) is 12.0 Å². The predicted molar refractivity (Wildman–Crippen MR) is 153 cm³/mol. The third kappa shape index (κ3) is 6.11. The van der Waals surface area contributed by atoms with E-state index in [4.69, 9.17) is 44.3 Å². The van der Waals surface area contributed by atoms with Crippen molar-refractivity contribution in [1.29, 1.82) is 0 Å². The second-order valence-electron chi connectivity index (χ2n) is 8.62. The van der Waals surface area contributed by atoms with Crippen molar-refractivity contribution in [2.45, 2.75) is 20.0 Å². The lowest BCUT2D eigenvalue weighted by molar-refractivity contribution is -0.122. The topological polar surface area (TPSA) is 84.9 Å². The SMILES string of the molecule is C=CCc1cc(/C=C2/C(=O)NC(=O)N(c3ccc(C)c(Cl)c3)C2=O)cc(OC)c1OCc1ccc(Cl)cc1Cl. The van der Waals surface area contributed by atoms with Gasteiger partial charge in [0, 0.05) is 26.2 Å². The zero-order valence-corrected chi connectivity index (χ0v) is 23.3. The number of nitrogens with one attached hydrogen (secondary N) is 1. The molecule has 0 atom stereocenters. The Morgan fingerprint density at radius 3 is 2.41 bits per heavy atom. The fraction of sp³-hybridized carbons (Fsp3) is 0.138. The Morgan fingerprint density at radius 2 is 1.74 bits per heavy atom. The summed E-state index contributed by atoms with van der Waals surface area (Å²) in [6, 6.07) is 12.4. The van der Waals surface area contributed by atoms with Crippen LogP contribution in [0.2, 0.25) is 15.1 Å². The highest BCUT2D eigenvalue weighted by Gasteiger charge is 2.37. The number of barbiturate groups is 1. The summed E-state index contributed by atoms with van der Waals surface area (Å²) in [6.45, 7) is 5.75. The van der Waals surface area contributed by atoms with Crippen LogP contribution in [0.5, 0.6) is 11.5 Å². The average Bonchev–Trinajstić information content (AvgIpc) is 2.88. The number of methoxy groups -OCH3 is 1. The molecule has 1 aliphatic rings. The van der Waals surface area contributed by atoms with E-state index in [0.717, 1.165) is 16.0 Å². The molecule has 1 saturated heterocycles. The number of imide groups is 2. The number of amides is 4. The summed E-state index contributed by atoms with van der Waals surface area (Å²) in [7, 11) is 1.48. The van der Waals surface area contributed by atoms with Gasteiger partial charge in [-0.3, -0.25) is 14.9 Å². The monoisotopic (exact) mass is 584 g/mol. The van der Waals surface area contributed by atoms with Crippen LogP contribution < -0.4 is 19.7 Å². The van der Waals surface area contributed by atoms with E-state index in [2.05, 4.69) is 11.9 Å². The lowest BCUT2D eigenvalue weighted by Gasteiger charge is -2.26. The molecule has 0 unspecified atom stereocenters. The van der Waals surface area contributed by atoms with Gasteiger partial charge in [-0.05, 0) is 66.9 Å². The molecule has 3 aromatic carbocycles. The quantitative estimate of drug-likeness (QED) is 0.176. The summed E-state index contributed by atoms with van der Waals surface area (Å²) >= 11 is 18.5. The second kappa shape index (κ2) is 11.9. The maximum absolute atomic E-state index is 13.3. The molecule has 39 heavy (non-hydrogen) atoms. The number of hydrogen-bond donors (Lipinski definition) is 1. The maximum Gasteiger partial charge on any atom is 0.335 e. The van der Waals surface area contributed by atoms with Gasteiger partial charge >= 0.3 is 6.03 Å². The van der Waals surface area contributed by atoms with Crippen molar-refractivity contribution in [1.82, 2.24) is 5.32 Å². The molecule has 0 bridgehead atoms. The number of carbonyl (C=O) groups is 3. The number of halogens is 3. The van der Waals surface area contributed by atoms with Gasteiger partial charge in [-0.1, -0.05) is 53.0 Å². The van der Waals surface area contributed by atoms with Crippen LogP contribution in [0.25, 0.3) is 6.08 Å². The van der Waals surface area contributed by atoms with E-state index < -0.39 is 17.8 Å². The molecule has 200 valence electrons. The van der Waals surface area contributed by atoms with Crippen LogP contribution in [0.4, 0.5) is 10.5 Å². The van der Waals surface area contributed by atoms with E-state index in [1.165, 1.54) is 19.3 Å². The van der Waals surface area contributed by atoms with E-state index in [1.807, 2.05) is 0 Å². The van der Waals surface area contributed by atoms with Crippen LogP contribution in [0.3, 0.4) is 0 Å². The Labute approximate surface area is 240 Å². The molecule has 0 aromatic heterocycles. The van der Waals surface area contributed by atoms with Gasteiger partial charge < -0.3 is 9.47 Å². The van der Waals surface area contributed by atoms with Crippen molar-refractivity contribution in [3.63, 3.8) is 0 Å². The molecule has 4 rings (SSSR count). The molecule has 10 heteroatoms. The highest BCUT2D eigenvalue weighted by atomic mass is 35.5. The Balaban J connectivity index is 1.70. The van der Waals surface area contributed by atoms with E-state index in [1.54, 1.807) is 55.5 Å². The van der Waals surface area contributed by atoms with Crippen molar-refractivity contribution in [3.8, 4) is 11.5 Å². The molecule has 1 heterocycles. The summed E-state index contributed by atoms with van der Waals surface area (Å²) in [5.74, 6) is -0.781. The molecule has 7 nitrogen and oxygen atoms in total. The standard InChI is InChI=1S/C29H23Cl3N2O5/c1-4-5-18-10-17(12-25(38-3)26(18)39-15-19-7-8-20(30)13-24(19)32)11-22-27(35)33-29(37)34(28(22)36)21-9-6-16(2)23(31)14-21/h4,6-14H,1,5,15H2,2-3H3,(H,33,35,37)/b22-11-. The van der Waals surface area contributed by atoms with Gasteiger partial charge in [0.05, 0.1) is 12.8 Å². The Bertz CT molecular complexity index is 1530. The van der Waals surface area contributed by atoms with Gasteiger partial charge in [0.1, 0.15) is 12.2 Å². The molecule has 0 aliphatic carbocycles. The van der Waals surface area contributed by atoms with E-state index >= 15 is 0 Å². The summed E-state index contributed by atoms with van der Waals surface area (Å²) in [6.07, 6.45) is 3.49. The van der Waals surface area contributed by atoms with Crippen LogP contribution in [-0.4, -0.2) is 25.0 Å². The zero-order chi connectivity index (χ0) is 28.3. The smallest absolute Gasteiger partial charge is 0.335 e. The number of rotatable bonds is 8. The van der Waals surface area contributed by atoms with Crippen LogP contribution in [0, 0.1) is 6.92 Å².